The molecule has 0 radical (unpaired) electrons. The topological polar surface area (TPSA) is 52.5 Å². The van der Waals surface area contributed by atoms with Crippen LogP contribution in [0, 0.1) is 0 Å². The normalized spacial score (nSPS) is 10.5. The summed E-state index contributed by atoms with van der Waals surface area (Å²) in [6.07, 6.45) is 1.88. The summed E-state index contributed by atoms with van der Waals surface area (Å²) in [7, 11) is 1.67. The molecule has 5 nitrogen and oxygen atoms in total. The summed E-state index contributed by atoms with van der Waals surface area (Å²) in [5, 5.41) is 3.24. The molecule has 1 heterocycles. The fraction of sp³-hybridized carbons (Fsp3) is 0.583. The molecule has 0 fully saturated rings. The zero-order chi connectivity index (χ0) is 12.5. The molecular weight excluding hydrogens is 220 g/mol. The molecule has 0 atom stereocenters. The van der Waals surface area contributed by atoms with E-state index < -0.39 is 0 Å². The van der Waals surface area contributed by atoms with E-state index in [0.29, 0.717) is 13.2 Å². The van der Waals surface area contributed by atoms with E-state index in [1.807, 2.05) is 22.9 Å². The van der Waals surface area contributed by atoms with Gasteiger partial charge in [-0.05, 0) is 19.1 Å². The Labute approximate surface area is 102 Å². The first-order valence-electron chi connectivity index (χ1n) is 5.77. The number of hydrogen-bond donors (Lipinski definition) is 1. The summed E-state index contributed by atoms with van der Waals surface area (Å²) >= 11 is 0. The van der Waals surface area contributed by atoms with E-state index in [0.717, 1.165) is 18.8 Å². The Hall–Kier alpha value is -1.33. The largest absolute Gasteiger partial charge is 0.465 e. The van der Waals surface area contributed by atoms with Crippen LogP contribution in [0.15, 0.2) is 18.3 Å². The highest BCUT2D eigenvalue weighted by molar-refractivity contribution is 5.69. The van der Waals surface area contributed by atoms with Gasteiger partial charge in [0, 0.05) is 32.1 Å². The maximum Gasteiger partial charge on any atom is 0.325 e. The molecule has 0 saturated carbocycles. The predicted molar refractivity (Wildman–Crippen MR) is 64.6 cm³/mol. The summed E-state index contributed by atoms with van der Waals surface area (Å²) in [5.74, 6) is -0.207. The molecule has 0 aliphatic heterocycles. The number of methoxy groups -OCH3 is 1. The predicted octanol–water partition coefficient (Wildman–Crippen LogP) is 0.787. The van der Waals surface area contributed by atoms with Crippen molar-refractivity contribution in [2.75, 3.05) is 26.9 Å². The lowest BCUT2D eigenvalue weighted by molar-refractivity contribution is -0.143. The van der Waals surface area contributed by atoms with E-state index in [1.165, 1.54) is 0 Å². The van der Waals surface area contributed by atoms with Gasteiger partial charge < -0.3 is 19.4 Å². The van der Waals surface area contributed by atoms with Crippen molar-refractivity contribution in [3.8, 4) is 0 Å². The SMILES string of the molecule is CCOC(=O)Cn1cccc1CNCCOC. The number of carbonyl (C=O) groups excluding carboxylic acids is 1. The van der Waals surface area contributed by atoms with Crippen LogP contribution in [-0.2, 0) is 27.4 Å². The Kier molecular flexibility index (Phi) is 6.35. The highest BCUT2D eigenvalue weighted by atomic mass is 16.5. The standard InChI is InChI=1S/C12H20N2O3/c1-3-17-12(15)10-14-7-4-5-11(14)9-13-6-8-16-2/h4-5,7,13H,3,6,8-10H2,1-2H3. The smallest absolute Gasteiger partial charge is 0.325 e. The average molecular weight is 240 g/mol. The zero-order valence-electron chi connectivity index (χ0n) is 10.4. The Balaban J connectivity index is 2.39. The molecule has 17 heavy (non-hydrogen) atoms. The van der Waals surface area contributed by atoms with E-state index in [1.54, 1.807) is 14.0 Å². The number of aromatic nitrogens is 1. The number of esters is 1. The van der Waals surface area contributed by atoms with Gasteiger partial charge in [0.25, 0.3) is 0 Å². The van der Waals surface area contributed by atoms with Gasteiger partial charge in [-0.25, -0.2) is 0 Å². The van der Waals surface area contributed by atoms with Crippen molar-refractivity contribution in [2.24, 2.45) is 0 Å². The van der Waals surface area contributed by atoms with E-state index >= 15 is 0 Å². The van der Waals surface area contributed by atoms with Crippen LogP contribution in [0.5, 0.6) is 0 Å². The van der Waals surface area contributed by atoms with Crippen LogP contribution in [0.4, 0.5) is 0 Å². The fourth-order valence-electron chi connectivity index (χ4n) is 1.50. The minimum absolute atomic E-state index is 0.207. The van der Waals surface area contributed by atoms with Gasteiger partial charge in [-0.1, -0.05) is 0 Å². The van der Waals surface area contributed by atoms with Crippen LogP contribution < -0.4 is 5.32 Å². The number of carbonyl (C=O) groups is 1. The van der Waals surface area contributed by atoms with Crippen molar-refractivity contribution in [1.29, 1.82) is 0 Å². The minimum Gasteiger partial charge on any atom is -0.465 e. The lowest BCUT2D eigenvalue weighted by Gasteiger charge is -2.09. The van der Waals surface area contributed by atoms with Crippen molar-refractivity contribution in [3.63, 3.8) is 0 Å². The molecule has 5 heteroatoms. The van der Waals surface area contributed by atoms with Gasteiger partial charge >= 0.3 is 5.97 Å². The molecule has 1 N–H and O–H groups in total. The van der Waals surface area contributed by atoms with Gasteiger partial charge in [0.2, 0.25) is 0 Å². The van der Waals surface area contributed by atoms with E-state index in [4.69, 9.17) is 9.47 Å². The molecule has 0 unspecified atom stereocenters. The molecule has 0 saturated heterocycles. The lowest BCUT2D eigenvalue weighted by Crippen LogP contribution is -2.22. The van der Waals surface area contributed by atoms with Crippen molar-refractivity contribution in [1.82, 2.24) is 9.88 Å². The van der Waals surface area contributed by atoms with Crippen molar-refractivity contribution in [3.05, 3.63) is 24.0 Å². The van der Waals surface area contributed by atoms with Crippen LogP contribution in [0.1, 0.15) is 12.6 Å². The van der Waals surface area contributed by atoms with E-state index in [-0.39, 0.29) is 12.5 Å². The zero-order valence-corrected chi connectivity index (χ0v) is 10.4. The van der Waals surface area contributed by atoms with Crippen molar-refractivity contribution in [2.45, 2.75) is 20.0 Å². The second kappa shape index (κ2) is 7.86. The van der Waals surface area contributed by atoms with Gasteiger partial charge in [-0.3, -0.25) is 4.79 Å². The van der Waals surface area contributed by atoms with Crippen LogP contribution >= 0.6 is 0 Å². The Morgan fingerprint density at radius 2 is 2.35 bits per heavy atom. The monoisotopic (exact) mass is 240 g/mol. The Morgan fingerprint density at radius 3 is 3.06 bits per heavy atom. The molecule has 1 aromatic rings. The third-order valence-electron chi connectivity index (χ3n) is 2.32. The fourth-order valence-corrected chi connectivity index (χ4v) is 1.50. The second-order valence-electron chi connectivity index (χ2n) is 3.60. The number of hydrogen-bond acceptors (Lipinski definition) is 4. The highest BCUT2D eigenvalue weighted by Crippen LogP contribution is 2.02. The third-order valence-corrected chi connectivity index (χ3v) is 2.32. The quantitative estimate of drug-likeness (QED) is 0.539. The third kappa shape index (κ3) is 5.01. The summed E-state index contributed by atoms with van der Waals surface area (Å²) in [4.78, 5) is 11.4. The Morgan fingerprint density at radius 1 is 1.53 bits per heavy atom. The molecule has 0 aliphatic carbocycles. The van der Waals surface area contributed by atoms with Gasteiger partial charge in [-0.15, -0.1) is 0 Å². The molecule has 0 spiro atoms. The first kappa shape index (κ1) is 13.7. The summed E-state index contributed by atoms with van der Waals surface area (Å²) in [6.45, 7) is 4.68. The van der Waals surface area contributed by atoms with Crippen LogP contribution in [0.25, 0.3) is 0 Å². The van der Waals surface area contributed by atoms with Gasteiger partial charge in [0.05, 0.1) is 13.2 Å². The summed E-state index contributed by atoms with van der Waals surface area (Å²) in [5.41, 5.74) is 1.06. The molecule has 0 bridgehead atoms. The maximum atomic E-state index is 11.4. The first-order chi connectivity index (χ1) is 8.27. The molecule has 0 aromatic carbocycles. The molecule has 1 rings (SSSR count). The minimum atomic E-state index is -0.207. The second-order valence-corrected chi connectivity index (χ2v) is 3.60. The number of nitrogens with one attached hydrogen (secondary N) is 1. The molecule has 1 aromatic heterocycles. The van der Waals surface area contributed by atoms with Gasteiger partial charge in [-0.2, -0.15) is 0 Å². The first-order valence-corrected chi connectivity index (χ1v) is 5.77. The highest BCUT2D eigenvalue weighted by Gasteiger charge is 2.06. The molecule has 96 valence electrons. The summed E-state index contributed by atoms with van der Waals surface area (Å²) in [6, 6.07) is 3.91. The Bertz CT molecular complexity index is 336. The number of ether oxygens (including phenoxy) is 2. The van der Waals surface area contributed by atoms with E-state index in [2.05, 4.69) is 5.32 Å². The van der Waals surface area contributed by atoms with Crippen LogP contribution in [0.2, 0.25) is 0 Å². The molecular formula is C12H20N2O3. The molecule has 0 amide bonds. The summed E-state index contributed by atoms with van der Waals surface area (Å²) < 4.78 is 11.7. The average Bonchev–Trinajstić information content (AvgIpc) is 2.72. The van der Waals surface area contributed by atoms with Crippen molar-refractivity contribution < 1.29 is 14.3 Å². The maximum absolute atomic E-state index is 11.4. The lowest BCUT2D eigenvalue weighted by atomic mass is 10.4. The van der Waals surface area contributed by atoms with Crippen molar-refractivity contribution >= 4 is 5.97 Å². The van der Waals surface area contributed by atoms with Crippen LogP contribution in [-0.4, -0.2) is 37.4 Å². The van der Waals surface area contributed by atoms with Crippen LogP contribution in [0.3, 0.4) is 0 Å². The van der Waals surface area contributed by atoms with E-state index in [9.17, 15) is 4.79 Å². The molecule has 0 aliphatic rings. The van der Waals surface area contributed by atoms with Gasteiger partial charge in [0.1, 0.15) is 6.54 Å². The number of rotatable bonds is 8. The number of nitrogens with zero attached hydrogens (tertiary/aromatic N) is 1. The van der Waals surface area contributed by atoms with Gasteiger partial charge in [0.15, 0.2) is 0 Å².